The highest BCUT2D eigenvalue weighted by Crippen LogP contribution is 2.20. The number of hydrogen-bond acceptors (Lipinski definition) is 4. The van der Waals surface area contributed by atoms with Crippen molar-refractivity contribution in [2.45, 2.75) is 45.4 Å². The predicted molar refractivity (Wildman–Crippen MR) is 61.2 cm³/mol. The van der Waals surface area contributed by atoms with Crippen LogP contribution < -0.4 is 5.32 Å². The smallest absolute Gasteiger partial charge is 0.138 e. The molecular weight excluding hydrogens is 204 g/mol. The molecule has 16 heavy (non-hydrogen) atoms. The summed E-state index contributed by atoms with van der Waals surface area (Å²) in [6.45, 7) is 8.88. The van der Waals surface area contributed by atoms with Crippen LogP contribution in [0.4, 0.5) is 0 Å². The topological polar surface area (TPSA) is 52.0 Å². The molecule has 1 aromatic heterocycles. The van der Waals surface area contributed by atoms with Crippen LogP contribution in [0.15, 0.2) is 6.33 Å². The molecule has 1 aliphatic heterocycles. The van der Waals surface area contributed by atoms with Crippen molar-refractivity contribution >= 4 is 0 Å². The van der Waals surface area contributed by atoms with E-state index in [0.29, 0.717) is 6.04 Å². The van der Waals surface area contributed by atoms with Gasteiger partial charge in [0.1, 0.15) is 12.2 Å². The Morgan fingerprint density at radius 2 is 2.44 bits per heavy atom. The van der Waals surface area contributed by atoms with Gasteiger partial charge in [0, 0.05) is 25.6 Å². The lowest BCUT2D eigenvalue weighted by molar-refractivity contribution is -0.0712. The third-order valence-electron chi connectivity index (χ3n) is 3.19. The van der Waals surface area contributed by atoms with E-state index in [9.17, 15) is 0 Å². The quantitative estimate of drug-likeness (QED) is 0.817. The number of nitrogens with one attached hydrogen (secondary N) is 1. The van der Waals surface area contributed by atoms with Crippen molar-refractivity contribution in [3.8, 4) is 0 Å². The summed E-state index contributed by atoms with van der Waals surface area (Å²) in [4.78, 5) is 4.30. The minimum atomic E-state index is -0.136. The summed E-state index contributed by atoms with van der Waals surface area (Å²) in [5.41, 5.74) is -0.136. The first kappa shape index (κ1) is 11.5. The monoisotopic (exact) mass is 224 g/mol. The van der Waals surface area contributed by atoms with Crippen LogP contribution in [0.3, 0.4) is 0 Å². The van der Waals surface area contributed by atoms with E-state index in [-0.39, 0.29) is 5.60 Å². The number of rotatable bonds is 3. The van der Waals surface area contributed by atoms with Crippen LogP contribution in [0.5, 0.6) is 0 Å². The molecule has 0 saturated carbocycles. The highest BCUT2D eigenvalue weighted by Gasteiger charge is 2.34. The van der Waals surface area contributed by atoms with E-state index in [4.69, 9.17) is 4.74 Å². The van der Waals surface area contributed by atoms with Crippen LogP contribution in [-0.2, 0) is 17.7 Å². The van der Waals surface area contributed by atoms with Crippen LogP contribution in [0.25, 0.3) is 0 Å². The van der Waals surface area contributed by atoms with Gasteiger partial charge >= 0.3 is 0 Å². The lowest BCUT2D eigenvalue weighted by Crippen LogP contribution is -2.55. The summed E-state index contributed by atoms with van der Waals surface area (Å²) in [5, 5.41) is 7.68. The summed E-state index contributed by atoms with van der Waals surface area (Å²) >= 11 is 0. The van der Waals surface area contributed by atoms with E-state index < -0.39 is 0 Å². The average molecular weight is 224 g/mol. The lowest BCUT2D eigenvalue weighted by atomic mass is 9.94. The number of aryl methyl sites for hydroxylation is 1. The summed E-state index contributed by atoms with van der Waals surface area (Å²) < 4.78 is 7.72. The third kappa shape index (κ3) is 2.25. The molecule has 90 valence electrons. The number of nitrogens with zero attached hydrogens (tertiary/aromatic N) is 3. The van der Waals surface area contributed by atoms with Crippen molar-refractivity contribution in [2.75, 3.05) is 13.2 Å². The third-order valence-corrected chi connectivity index (χ3v) is 3.19. The van der Waals surface area contributed by atoms with E-state index >= 15 is 0 Å². The molecule has 0 aromatic carbocycles. The Labute approximate surface area is 96.2 Å². The van der Waals surface area contributed by atoms with E-state index in [1.807, 2.05) is 4.68 Å². The van der Waals surface area contributed by atoms with E-state index in [2.05, 4.69) is 36.2 Å². The fourth-order valence-electron chi connectivity index (χ4n) is 2.10. The van der Waals surface area contributed by atoms with Crippen LogP contribution in [-0.4, -0.2) is 39.6 Å². The first-order chi connectivity index (χ1) is 7.63. The molecule has 2 rings (SSSR count). The maximum absolute atomic E-state index is 5.78. The van der Waals surface area contributed by atoms with Crippen molar-refractivity contribution in [2.24, 2.45) is 0 Å². The molecule has 1 aromatic rings. The zero-order valence-corrected chi connectivity index (χ0v) is 10.2. The predicted octanol–water partition coefficient (Wildman–Crippen LogP) is 0.607. The Kier molecular flexibility index (Phi) is 3.25. The molecule has 1 saturated heterocycles. The Morgan fingerprint density at radius 1 is 1.62 bits per heavy atom. The fraction of sp³-hybridized carbons (Fsp3) is 0.818. The Hall–Kier alpha value is -0.940. The van der Waals surface area contributed by atoms with Gasteiger partial charge in [-0.2, -0.15) is 5.10 Å². The van der Waals surface area contributed by atoms with Gasteiger partial charge in [0.15, 0.2) is 0 Å². The van der Waals surface area contributed by atoms with E-state index in [1.54, 1.807) is 6.33 Å². The molecule has 0 aliphatic carbocycles. The van der Waals surface area contributed by atoms with Gasteiger partial charge in [0.25, 0.3) is 0 Å². The standard InChI is InChI=1S/C11H20N4O/c1-4-15-10(13-8-14-15)7-9-11(2,3)16-6-5-12-9/h8-9,12H,4-7H2,1-3H3. The van der Waals surface area contributed by atoms with Crippen molar-refractivity contribution in [3.05, 3.63) is 12.2 Å². The molecule has 1 aliphatic rings. The zero-order chi connectivity index (χ0) is 11.6. The second-order valence-corrected chi connectivity index (χ2v) is 4.65. The zero-order valence-electron chi connectivity index (χ0n) is 10.2. The minimum Gasteiger partial charge on any atom is -0.373 e. The van der Waals surface area contributed by atoms with E-state index in [1.165, 1.54) is 0 Å². The average Bonchev–Trinajstić information content (AvgIpc) is 2.68. The summed E-state index contributed by atoms with van der Waals surface area (Å²) in [6, 6.07) is 0.302. The van der Waals surface area contributed by atoms with Gasteiger partial charge in [0.05, 0.1) is 12.2 Å². The highest BCUT2D eigenvalue weighted by molar-refractivity contribution is 4.98. The molecule has 0 bridgehead atoms. The van der Waals surface area contributed by atoms with Crippen LogP contribution in [0, 0.1) is 0 Å². The van der Waals surface area contributed by atoms with Crippen molar-refractivity contribution in [1.82, 2.24) is 20.1 Å². The molecule has 1 unspecified atom stereocenters. The Bertz CT molecular complexity index is 348. The number of ether oxygens (including phenoxy) is 1. The van der Waals surface area contributed by atoms with Crippen molar-refractivity contribution in [1.29, 1.82) is 0 Å². The van der Waals surface area contributed by atoms with E-state index in [0.717, 1.165) is 31.9 Å². The van der Waals surface area contributed by atoms with Gasteiger partial charge in [0.2, 0.25) is 0 Å². The van der Waals surface area contributed by atoms with Crippen molar-refractivity contribution < 1.29 is 4.74 Å². The maximum Gasteiger partial charge on any atom is 0.138 e. The molecule has 5 heteroatoms. The SMILES string of the molecule is CCn1ncnc1CC1NCCOC1(C)C. The van der Waals surface area contributed by atoms with Gasteiger partial charge < -0.3 is 10.1 Å². The molecule has 0 spiro atoms. The molecule has 0 amide bonds. The van der Waals surface area contributed by atoms with Gasteiger partial charge in [-0.05, 0) is 20.8 Å². The second-order valence-electron chi connectivity index (χ2n) is 4.65. The molecule has 1 fully saturated rings. The number of aromatic nitrogens is 3. The van der Waals surface area contributed by atoms with Gasteiger partial charge in [-0.3, -0.25) is 4.68 Å². The maximum atomic E-state index is 5.78. The van der Waals surface area contributed by atoms with Crippen molar-refractivity contribution in [3.63, 3.8) is 0 Å². The summed E-state index contributed by atoms with van der Waals surface area (Å²) in [7, 11) is 0. The fourth-order valence-corrected chi connectivity index (χ4v) is 2.10. The first-order valence-corrected chi connectivity index (χ1v) is 5.87. The summed E-state index contributed by atoms with van der Waals surface area (Å²) in [5.74, 6) is 1.03. The van der Waals surface area contributed by atoms with Gasteiger partial charge in [-0.15, -0.1) is 0 Å². The molecular formula is C11H20N4O. The largest absolute Gasteiger partial charge is 0.373 e. The first-order valence-electron chi connectivity index (χ1n) is 5.87. The molecule has 5 nitrogen and oxygen atoms in total. The number of hydrogen-bond donors (Lipinski definition) is 1. The second kappa shape index (κ2) is 4.51. The molecule has 0 radical (unpaired) electrons. The lowest BCUT2D eigenvalue weighted by Gasteiger charge is -2.39. The number of morpholine rings is 1. The Balaban J connectivity index is 2.08. The van der Waals surface area contributed by atoms with Crippen LogP contribution in [0.2, 0.25) is 0 Å². The highest BCUT2D eigenvalue weighted by atomic mass is 16.5. The molecule has 1 N–H and O–H groups in total. The molecule has 2 heterocycles. The Morgan fingerprint density at radius 3 is 3.12 bits per heavy atom. The van der Waals surface area contributed by atoms with Gasteiger partial charge in [-0.1, -0.05) is 0 Å². The minimum absolute atomic E-state index is 0.136. The molecule has 1 atom stereocenters. The van der Waals surface area contributed by atoms with Crippen LogP contribution >= 0.6 is 0 Å². The summed E-state index contributed by atoms with van der Waals surface area (Å²) in [6.07, 6.45) is 2.48. The van der Waals surface area contributed by atoms with Crippen LogP contribution in [0.1, 0.15) is 26.6 Å². The normalized spacial score (nSPS) is 24.6. The van der Waals surface area contributed by atoms with Gasteiger partial charge in [-0.25, -0.2) is 4.98 Å².